The van der Waals surface area contributed by atoms with Crippen molar-refractivity contribution >= 4 is 17.5 Å². The number of carbonyl (C=O) groups is 2. The summed E-state index contributed by atoms with van der Waals surface area (Å²) in [6, 6.07) is 8.29. The van der Waals surface area contributed by atoms with Gasteiger partial charge < -0.3 is 4.74 Å². The lowest BCUT2D eigenvalue weighted by molar-refractivity contribution is -0.384. The Morgan fingerprint density at radius 2 is 1.91 bits per heavy atom. The number of amides is 2. The van der Waals surface area contributed by atoms with Crippen LogP contribution in [0.5, 0.6) is 5.75 Å². The fourth-order valence-electron chi connectivity index (χ4n) is 1.73. The molecule has 0 fully saturated rings. The van der Waals surface area contributed by atoms with E-state index in [1.807, 2.05) is 0 Å². The number of hydrogen-bond donors (Lipinski definition) is 2. The third-order valence-electron chi connectivity index (χ3n) is 2.83. The van der Waals surface area contributed by atoms with Crippen molar-refractivity contribution in [2.75, 3.05) is 7.11 Å². The van der Waals surface area contributed by atoms with Gasteiger partial charge in [0.15, 0.2) is 0 Å². The Morgan fingerprint density at radius 3 is 2.52 bits per heavy atom. The second kappa shape index (κ2) is 6.98. The molecule has 0 saturated carbocycles. The van der Waals surface area contributed by atoms with E-state index in [1.54, 1.807) is 12.1 Å². The van der Waals surface area contributed by atoms with Crippen molar-refractivity contribution in [3.05, 3.63) is 64.0 Å². The molecule has 0 atom stereocenters. The molecule has 0 bridgehead atoms. The fraction of sp³-hybridized carbons (Fsp3) is 0.0714. The lowest BCUT2D eigenvalue weighted by Gasteiger charge is -2.10. The molecular formula is C14H12N4O5. The molecule has 0 spiro atoms. The van der Waals surface area contributed by atoms with Gasteiger partial charge in [0.1, 0.15) is 11.4 Å². The highest BCUT2D eigenvalue weighted by atomic mass is 16.6. The van der Waals surface area contributed by atoms with Gasteiger partial charge in [-0.25, -0.2) is 0 Å². The van der Waals surface area contributed by atoms with E-state index in [0.29, 0.717) is 0 Å². The van der Waals surface area contributed by atoms with Gasteiger partial charge in [-0.05, 0) is 18.2 Å². The Bertz CT molecular complexity index is 748. The average Bonchev–Trinajstić information content (AvgIpc) is 2.59. The maximum atomic E-state index is 12.1. The zero-order valence-corrected chi connectivity index (χ0v) is 12.0. The van der Waals surface area contributed by atoms with E-state index in [-0.39, 0.29) is 22.7 Å². The van der Waals surface area contributed by atoms with Crippen molar-refractivity contribution in [3.63, 3.8) is 0 Å². The molecule has 1 aromatic heterocycles. The maximum absolute atomic E-state index is 12.1. The molecule has 23 heavy (non-hydrogen) atoms. The molecule has 0 saturated heterocycles. The van der Waals surface area contributed by atoms with E-state index in [0.717, 1.165) is 6.07 Å². The van der Waals surface area contributed by atoms with Crippen molar-refractivity contribution in [2.45, 2.75) is 0 Å². The molecule has 0 aliphatic heterocycles. The molecule has 9 heteroatoms. The number of nitrogens with one attached hydrogen (secondary N) is 2. The molecule has 2 N–H and O–H groups in total. The highest BCUT2D eigenvalue weighted by molar-refractivity contribution is 6.00. The molecule has 0 radical (unpaired) electrons. The Balaban J connectivity index is 2.12. The molecule has 2 rings (SSSR count). The number of hydrogen-bond acceptors (Lipinski definition) is 6. The standard InChI is InChI=1S/C14H12N4O5/c1-23-12-6-5-9(18(21)22)8-10(12)13(19)16-17-14(20)11-4-2-3-7-15-11/h2-8H,1H3,(H,16,19)(H,17,20). The topological polar surface area (TPSA) is 123 Å². The number of hydrazine groups is 1. The van der Waals surface area contributed by atoms with Crippen LogP contribution in [0.1, 0.15) is 20.8 Å². The summed E-state index contributed by atoms with van der Waals surface area (Å²) in [5.74, 6) is -1.24. The molecule has 2 aromatic rings. The number of aromatic nitrogens is 1. The van der Waals surface area contributed by atoms with E-state index < -0.39 is 16.7 Å². The van der Waals surface area contributed by atoms with Crippen molar-refractivity contribution in [1.82, 2.24) is 15.8 Å². The van der Waals surface area contributed by atoms with E-state index in [2.05, 4.69) is 15.8 Å². The van der Waals surface area contributed by atoms with Gasteiger partial charge in [0.05, 0.1) is 17.6 Å². The number of carbonyl (C=O) groups excluding carboxylic acids is 2. The van der Waals surface area contributed by atoms with E-state index >= 15 is 0 Å². The number of benzene rings is 1. The highest BCUT2D eigenvalue weighted by Gasteiger charge is 2.18. The number of pyridine rings is 1. The molecule has 118 valence electrons. The number of nitrogens with zero attached hydrogens (tertiary/aromatic N) is 2. The first kappa shape index (κ1) is 15.9. The first-order valence-corrected chi connectivity index (χ1v) is 6.37. The monoisotopic (exact) mass is 316 g/mol. The van der Waals surface area contributed by atoms with Crippen LogP contribution in [0.4, 0.5) is 5.69 Å². The molecule has 9 nitrogen and oxygen atoms in total. The predicted octanol–water partition coefficient (Wildman–Crippen LogP) is 1.07. The van der Waals surface area contributed by atoms with Crippen LogP contribution in [-0.2, 0) is 0 Å². The molecule has 1 heterocycles. The fourth-order valence-corrected chi connectivity index (χ4v) is 1.73. The van der Waals surface area contributed by atoms with Crippen molar-refractivity contribution in [3.8, 4) is 5.75 Å². The van der Waals surface area contributed by atoms with Crippen molar-refractivity contribution in [1.29, 1.82) is 0 Å². The van der Waals surface area contributed by atoms with Crippen LogP contribution in [0.15, 0.2) is 42.6 Å². The van der Waals surface area contributed by atoms with Gasteiger partial charge in [0.2, 0.25) is 0 Å². The number of nitro groups is 1. The molecule has 0 unspecified atom stereocenters. The molecule has 1 aromatic carbocycles. The van der Waals surface area contributed by atoms with E-state index in [1.165, 1.54) is 31.5 Å². The van der Waals surface area contributed by atoms with Gasteiger partial charge in [-0.1, -0.05) is 6.07 Å². The van der Waals surface area contributed by atoms with Crippen LogP contribution in [0, 0.1) is 10.1 Å². The van der Waals surface area contributed by atoms with Crippen LogP contribution < -0.4 is 15.6 Å². The first-order valence-electron chi connectivity index (χ1n) is 6.37. The normalized spacial score (nSPS) is 9.78. The lowest BCUT2D eigenvalue weighted by atomic mass is 10.1. The molecule has 0 aliphatic rings. The third kappa shape index (κ3) is 3.79. The Labute approximate surface area is 130 Å². The average molecular weight is 316 g/mol. The van der Waals surface area contributed by atoms with Gasteiger partial charge in [0.25, 0.3) is 17.5 Å². The van der Waals surface area contributed by atoms with Gasteiger partial charge in [-0.15, -0.1) is 0 Å². The van der Waals surface area contributed by atoms with Crippen LogP contribution in [0.25, 0.3) is 0 Å². The quantitative estimate of drug-likeness (QED) is 0.642. The van der Waals surface area contributed by atoms with Crippen LogP contribution in [0.2, 0.25) is 0 Å². The number of non-ortho nitro benzene ring substituents is 1. The number of rotatable bonds is 4. The summed E-state index contributed by atoms with van der Waals surface area (Å²) in [5.41, 5.74) is 4.09. The Morgan fingerprint density at radius 1 is 1.17 bits per heavy atom. The summed E-state index contributed by atoms with van der Waals surface area (Å²) in [7, 11) is 1.32. The van der Waals surface area contributed by atoms with Gasteiger partial charge in [0, 0.05) is 18.3 Å². The second-order valence-electron chi connectivity index (χ2n) is 4.26. The molecular weight excluding hydrogens is 304 g/mol. The predicted molar refractivity (Wildman–Crippen MR) is 78.8 cm³/mol. The minimum absolute atomic E-state index is 0.0805. The minimum Gasteiger partial charge on any atom is -0.496 e. The highest BCUT2D eigenvalue weighted by Crippen LogP contribution is 2.23. The Kier molecular flexibility index (Phi) is 4.82. The van der Waals surface area contributed by atoms with Gasteiger partial charge >= 0.3 is 0 Å². The molecule has 2 amide bonds. The van der Waals surface area contributed by atoms with Crippen molar-refractivity contribution < 1.29 is 19.2 Å². The summed E-state index contributed by atoms with van der Waals surface area (Å²) in [6.07, 6.45) is 1.43. The zero-order valence-electron chi connectivity index (χ0n) is 12.0. The largest absolute Gasteiger partial charge is 0.496 e. The van der Waals surface area contributed by atoms with Crippen LogP contribution in [-0.4, -0.2) is 28.8 Å². The third-order valence-corrected chi connectivity index (χ3v) is 2.83. The first-order chi connectivity index (χ1) is 11.0. The summed E-state index contributed by atoms with van der Waals surface area (Å²) >= 11 is 0. The smallest absolute Gasteiger partial charge is 0.288 e. The summed E-state index contributed by atoms with van der Waals surface area (Å²) in [4.78, 5) is 37.8. The lowest BCUT2D eigenvalue weighted by Crippen LogP contribution is -2.42. The maximum Gasteiger partial charge on any atom is 0.288 e. The van der Waals surface area contributed by atoms with E-state index in [4.69, 9.17) is 4.74 Å². The molecule has 0 aliphatic carbocycles. The summed E-state index contributed by atoms with van der Waals surface area (Å²) < 4.78 is 4.98. The summed E-state index contributed by atoms with van der Waals surface area (Å²) in [6.45, 7) is 0. The number of nitro benzene ring substituents is 1. The SMILES string of the molecule is COc1ccc([N+](=O)[O-])cc1C(=O)NNC(=O)c1ccccn1. The minimum atomic E-state index is -0.755. The van der Waals surface area contributed by atoms with Gasteiger partial charge in [-0.2, -0.15) is 0 Å². The van der Waals surface area contributed by atoms with Crippen LogP contribution in [0.3, 0.4) is 0 Å². The van der Waals surface area contributed by atoms with Crippen molar-refractivity contribution in [2.24, 2.45) is 0 Å². The number of methoxy groups -OCH3 is 1. The van der Waals surface area contributed by atoms with E-state index in [9.17, 15) is 19.7 Å². The van der Waals surface area contributed by atoms with Gasteiger partial charge in [-0.3, -0.25) is 35.5 Å². The zero-order chi connectivity index (χ0) is 16.8. The second-order valence-corrected chi connectivity index (χ2v) is 4.26. The van der Waals surface area contributed by atoms with Crippen LogP contribution >= 0.6 is 0 Å². The Hall–Kier alpha value is -3.49. The summed E-state index contributed by atoms with van der Waals surface area (Å²) in [5, 5.41) is 10.8. The number of ether oxygens (including phenoxy) is 1.